The molecule has 2 N–H and O–H groups in total. The number of nitrogens with one attached hydrogen (secondary N) is 1. The molecule has 0 aromatic carbocycles. The molecule has 6 nitrogen and oxygen atoms in total. The Morgan fingerprint density at radius 1 is 1.56 bits per heavy atom. The number of aromatic amines is 1. The number of aliphatic hydroxyl groups excluding tert-OH is 1. The van der Waals surface area contributed by atoms with E-state index in [9.17, 15) is 9.59 Å². The zero-order valence-electron chi connectivity index (χ0n) is 10.1. The summed E-state index contributed by atoms with van der Waals surface area (Å²) in [5, 5.41) is 9.02. The van der Waals surface area contributed by atoms with E-state index in [4.69, 9.17) is 5.11 Å². The fraction of sp³-hybridized carbons (Fsp3) is 0.583. The lowest BCUT2D eigenvalue weighted by atomic mass is 9.99. The molecule has 0 radical (unpaired) electrons. The molecule has 1 fully saturated rings. The molecule has 2 heterocycles. The molecule has 1 aromatic rings. The predicted octanol–water partition coefficient (Wildman–Crippen LogP) is 0.147. The molecule has 0 bridgehead atoms. The van der Waals surface area contributed by atoms with E-state index in [1.54, 1.807) is 4.90 Å². The van der Waals surface area contributed by atoms with Gasteiger partial charge in [-0.05, 0) is 25.7 Å². The molecule has 1 aliphatic rings. The van der Waals surface area contributed by atoms with Gasteiger partial charge in [-0.2, -0.15) is 0 Å². The third-order valence-electron chi connectivity index (χ3n) is 3.24. The average Bonchev–Trinajstić information content (AvgIpc) is 2.40. The quantitative estimate of drug-likeness (QED) is 0.800. The second-order valence-electron chi connectivity index (χ2n) is 4.46. The van der Waals surface area contributed by atoms with Gasteiger partial charge in [-0.3, -0.25) is 9.59 Å². The minimum absolute atomic E-state index is 0.0741. The Balaban J connectivity index is 2.15. The van der Waals surface area contributed by atoms with Crippen molar-refractivity contribution in [3.63, 3.8) is 0 Å². The number of amides is 1. The maximum absolute atomic E-state index is 12.3. The van der Waals surface area contributed by atoms with Crippen molar-refractivity contribution in [2.24, 2.45) is 0 Å². The molecule has 1 amide bonds. The molecule has 1 aromatic heterocycles. The third-order valence-corrected chi connectivity index (χ3v) is 3.24. The van der Waals surface area contributed by atoms with Crippen molar-refractivity contribution in [1.82, 2.24) is 14.9 Å². The van der Waals surface area contributed by atoms with Gasteiger partial charge in [0.1, 0.15) is 5.69 Å². The molecule has 1 saturated heterocycles. The zero-order valence-corrected chi connectivity index (χ0v) is 10.1. The standard InChI is InChI=1S/C12H17N3O3/c16-6-4-9-3-1-2-5-15(9)12(18)10-7-14-11(17)8-13-10/h7-9,16H,1-6H2,(H,14,17). The minimum atomic E-state index is -0.322. The molecule has 2 rings (SSSR count). The van der Waals surface area contributed by atoms with Gasteiger partial charge in [-0.25, -0.2) is 4.98 Å². The minimum Gasteiger partial charge on any atom is -0.396 e. The Hall–Kier alpha value is -1.69. The number of rotatable bonds is 3. The number of piperidine rings is 1. The number of nitrogens with zero attached hydrogens (tertiary/aromatic N) is 2. The summed E-state index contributed by atoms with van der Waals surface area (Å²) in [6.45, 7) is 0.762. The van der Waals surface area contributed by atoms with Gasteiger partial charge < -0.3 is 15.0 Å². The van der Waals surface area contributed by atoms with Crippen molar-refractivity contribution in [3.8, 4) is 0 Å². The van der Waals surface area contributed by atoms with Crippen LogP contribution in [0.3, 0.4) is 0 Å². The van der Waals surface area contributed by atoms with Crippen LogP contribution in [0.15, 0.2) is 17.2 Å². The first-order valence-electron chi connectivity index (χ1n) is 6.19. The smallest absolute Gasteiger partial charge is 0.274 e. The molecule has 18 heavy (non-hydrogen) atoms. The van der Waals surface area contributed by atoms with Crippen molar-refractivity contribution in [3.05, 3.63) is 28.4 Å². The Morgan fingerprint density at radius 2 is 2.39 bits per heavy atom. The molecule has 0 spiro atoms. The summed E-state index contributed by atoms with van der Waals surface area (Å²) in [6.07, 6.45) is 6.00. The Labute approximate surface area is 105 Å². The summed E-state index contributed by atoms with van der Waals surface area (Å²) in [4.78, 5) is 31.2. The molecular weight excluding hydrogens is 234 g/mol. The highest BCUT2D eigenvalue weighted by Gasteiger charge is 2.27. The average molecular weight is 251 g/mol. The Morgan fingerprint density at radius 3 is 3.06 bits per heavy atom. The van der Waals surface area contributed by atoms with E-state index in [1.807, 2.05) is 0 Å². The summed E-state index contributed by atoms with van der Waals surface area (Å²) in [5.74, 6) is -0.176. The highest BCUT2D eigenvalue weighted by Crippen LogP contribution is 2.20. The number of H-pyrrole nitrogens is 1. The van der Waals surface area contributed by atoms with Gasteiger partial charge in [0.2, 0.25) is 0 Å². The predicted molar refractivity (Wildman–Crippen MR) is 65.2 cm³/mol. The molecular formula is C12H17N3O3. The second kappa shape index (κ2) is 5.77. The van der Waals surface area contributed by atoms with Crippen LogP contribution in [0.4, 0.5) is 0 Å². The van der Waals surface area contributed by atoms with Crippen molar-refractivity contribution >= 4 is 5.91 Å². The number of aliphatic hydroxyl groups is 1. The van der Waals surface area contributed by atoms with Gasteiger partial charge in [0, 0.05) is 25.4 Å². The zero-order chi connectivity index (χ0) is 13.0. The largest absolute Gasteiger partial charge is 0.396 e. The number of hydrogen-bond acceptors (Lipinski definition) is 4. The van der Waals surface area contributed by atoms with E-state index in [2.05, 4.69) is 9.97 Å². The molecule has 6 heteroatoms. The summed E-state index contributed by atoms with van der Waals surface area (Å²) in [7, 11) is 0. The van der Waals surface area contributed by atoms with E-state index in [0.717, 1.165) is 25.5 Å². The lowest BCUT2D eigenvalue weighted by Gasteiger charge is -2.35. The van der Waals surface area contributed by atoms with E-state index in [0.29, 0.717) is 13.0 Å². The van der Waals surface area contributed by atoms with Crippen LogP contribution in [0.1, 0.15) is 36.2 Å². The molecule has 0 saturated carbocycles. The lowest BCUT2D eigenvalue weighted by molar-refractivity contribution is 0.0568. The van der Waals surface area contributed by atoms with Crippen LogP contribution in [-0.2, 0) is 0 Å². The molecule has 1 unspecified atom stereocenters. The fourth-order valence-corrected chi connectivity index (χ4v) is 2.32. The number of carbonyl (C=O) groups excluding carboxylic acids is 1. The maximum Gasteiger partial charge on any atom is 0.274 e. The monoisotopic (exact) mass is 251 g/mol. The highest BCUT2D eigenvalue weighted by atomic mass is 16.3. The fourth-order valence-electron chi connectivity index (χ4n) is 2.32. The maximum atomic E-state index is 12.3. The molecule has 98 valence electrons. The van der Waals surface area contributed by atoms with Crippen molar-refractivity contribution in [1.29, 1.82) is 0 Å². The lowest BCUT2D eigenvalue weighted by Crippen LogP contribution is -2.44. The third kappa shape index (κ3) is 2.76. The first-order valence-corrected chi connectivity index (χ1v) is 6.19. The van der Waals surface area contributed by atoms with Crippen LogP contribution < -0.4 is 5.56 Å². The summed E-state index contributed by atoms with van der Waals surface area (Å²) < 4.78 is 0. The van der Waals surface area contributed by atoms with Crippen LogP contribution in [0.5, 0.6) is 0 Å². The Bertz CT molecular complexity index is 449. The van der Waals surface area contributed by atoms with E-state index < -0.39 is 0 Å². The highest BCUT2D eigenvalue weighted by molar-refractivity contribution is 5.92. The second-order valence-corrected chi connectivity index (χ2v) is 4.46. The summed E-state index contributed by atoms with van der Waals surface area (Å²) in [6, 6.07) is 0.0741. The van der Waals surface area contributed by atoms with E-state index in [-0.39, 0.29) is 29.8 Å². The van der Waals surface area contributed by atoms with E-state index >= 15 is 0 Å². The SMILES string of the molecule is O=C(c1c[nH]c(=O)cn1)N1CCCCC1CCO. The van der Waals surface area contributed by atoms with Crippen LogP contribution in [-0.4, -0.2) is 45.1 Å². The summed E-state index contributed by atoms with van der Waals surface area (Å²) in [5.41, 5.74) is -0.0726. The number of carbonyl (C=O) groups is 1. The topological polar surface area (TPSA) is 86.3 Å². The summed E-state index contributed by atoms with van der Waals surface area (Å²) >= 11 is 0. The van der Waals surface area contributed by atoms with Crippen LogP contribution in [0.25, 0.3) is 0 Å². The van der Waals surface area contributed by atoms with Crippen molar-refractivity contribution < 1.29 is 9.90 Å². The van der Waals surface area contributed by atoms with Crippen LogP contribution in [0, 0.1) is 0 Å². The first kappa shape index (κ1) is 12.8. The van der Waals surface area contributed by atoms with Crippen molar-refractivity contribution in [2.75, 3.05) is 13.2 Å². The first-order chi connectivity index (χ1) is 8.72. The molecule has 1 atom stereocenters. The number of likely N-dealkylation sites (tertiary alicyclic amines) is 1. The van der Waals surface area contributed by atoms with Gasteiger partial charge in [0.15, 0.2) is 0 Å². The number of hydrogen-bond donors (Lipinski definition) is 2. The van der Waals surface area contributed by atoms with Gasteiger partial charge in [0.25, 0.3) is 11.5 Å². The van der Waals surface area contributed by atoms with Crippen LogP contribution >= 0.6 is 0 Å². The normalized spacial score (nSPS) is 19.8. The van der Waals surface area contributed by atoms with Gasteiger partial charge in [-0.1, -0.05) is 0 Å². The molecule has 1 aliphatic heterocycles. The van der Waals surface area contributed by atoms with Gasteiger partial charge in [-0.15, -0.1) is 0 Å². The van der Waals surface area contributed by atoms with Gasteiger partial charge in [0.05, 0.1) is 6.20 Å². The van der Waals surface area contributed by atoms with Crippen molar-refractivity contribution in [2.45, 2.75) is 31.7 Å². The Kier molecular flexibility index (Phi) is 4.09. The van der Waals surface area contributed by atoms with Gasteiger partial charge >= 0.3 is 0 Å². The van der Waals surface area contributed by atoms with Crippen LogP contribution in [0.2, 0.25) is 0 Å². The molecule has 0 aliphatic carbocycles. The number of aromatic nitrogens is 2. The van der Waals surface area contributed by atoms with E-state index in [1.165, 1.54) is 6.20 Å².